The summed E-state index contributed by atoms with van der Waals surface area (Å²) < 4.78 is 23.9. The third-order valence-corrected chi connectivity index (χ3v) is 5.81. The molecule has 3 atom stereocenters. The fourth-order valence-electron chi connectivity index (χ4n) is 2.39. The number of hydrogen-bond acceptors (Lipinski definition) is 5. The number of phenolic OH excluding ortho intramolecular Hbond substituents is 1. The summed E-state index contributed by atoms with van der Waals surface area (Å²) in [6.07, 6.45) is -0.413. The second-order valence-corrected chi connectivity index (χ2v) is 7.99. The van der Waals surface area contributed by atoms with Crippen LogP contribution in [0.15, 0.2) is 22.7 Å². The first-order valence-corrected chi connectivity index (χ1v) is 8.51. The summed E-state index contributed by atoms with van der Waals surface area (Å²) in [5.41, 5.74) is 6.52. The number of halogens is 1. The third kappa shape index (κ3) is 3.47. The van der Waals surface area contributed by atoms with Crippen LogP contribution in [0.2, 0.25) is 0 Å². The average molecular weight is 350 g/mol. The van der Waals surface area contributed by atoms with Gasteiger partial charge in [0.05, 0.1) is 22.1 Å². The maximum Gasteiger partial charge on any atom is 0.152 e. The van der Waals surface area contributed by atoms with Gasteiger partial charge < -0.3 is 15.9 Å². The normalized spacial score (nSPS) is 30.2. The molecule has 0 spiro atoms. The fraction of sp³-hybridized carbons (Fsp3) is 0.500. The van der Waals surface area contributed by atoms with Gasteiger partial charge in [0.25, 0.3) is 0 Å². The van der Waals surface area contributed by atoms with Crippen molar-refractivity contribution in [3.05, 3.63) is 28.2 Å². The highest BCUT2D eigenvalue weighted by Gasteiger charge is 2.37. The van der Waals surface area contributed by atoms with E-state index in [-0.39, 0.29) is 17.3 Å². The summed E-state index contributed by atoms with van der Waals surface area (Å²) >= 11 is 3.20. The van der Waals surface area contributed by atoms with Crippen molar-refractivity contribution in [1.82, 2.24) is 0 Å². The van der Waals surface area contributed by atoms with Crippen LogP contribution in [0.4, 0.5) is 0 Å². The molecule has 19 heavy (non-hydrogen) atoms. The number of benzene rings is 1. The predicted octanol–water partition coefficient (Wildman–Crippen LogP) is 0.430. The van der Waals surface area contributed by atoms with Crippen LogP contribution in [-0.2, 0) is 16.3 Å². The van der Waals surface area contributed by atoms with E-state index >= 15 is 0 Å². The molecule has 0 saturated carbocycles. The van der Waals surface area contributed by atoms with Crippen molar-refractivity contribution >= 4 is 25.8 Å². The predicted molar refractivity (Wildman–Crippen MR) is 75.6 cm³/mol. The van der Waals surface area contributed by atoms with Gasteiger partial charge in [-0.05, 0) is 40.0 Å². The molecule has 7 heteroatoms. The van der Waals surface area contributed by atoms with Gasteiger partial charge in [-0.15, -0.1) is 0 Å². The Morgan fingerprint density at radius 3 is 2.68 bits per heavy atom. The number of phenols is 1. The van der Waals surface area contributed by atoms with E-state index in [1.807, 2.05) is 0 Å². The number of hydrogen-bond donors (Lipinski definition) is 3. The molecule has 1 heterocycles. The smallest absolute Gasteiger partial charge is 0.152 e. The molecule has 0 amide bonds. The van der Waals surface area contributed by atoms with Gasteiger partial charge in [-0.2, -0.15) is 0 Å². The molecular weight excluding hydrogens is 334 g/mol. The Morgan fingerprint density at radius 1 is 1.37 bits per heavy atom. The van der Waals surface area contributed by atoms with Crippen molar-refractivity contribution in [2.24, 2.45) is 11.7 Å². The maximum atomic E-state index is 11.7. The molecule has 1 fully saturated rings. The van der Waals surface area contributed by atoms with E-state index in [4.69, 9.17) is 5.73 Å². The lowest BCUT2D eigenvalue weighted by atomic mass is 9.92. The van der Waals surface area contributed by atoms with E-state index in [0.717, 1.165) is 5.56 Å². The zero-order valence-corrected chi connectivity index (χ0v) is 12.6. The van der Waals surface area contributed by atoms with Crippen LogP contribution in [0.25, 0.3) is 0 Å². The Kier molecular flexibility index (Phi) is 4.20. The lowest BCUT2D eigenvalue weighted by Gasteiger charge is -2.32. The molecule has 0 aromatic heterocycles. The molecule has 0 unspecified atom stereocenters. The van der Waals surface area contributed by atoms with E-state index in [2.05, 4.69) is 15.9 Å². The first-order valence-electron chi connectivity index (χ1n) is 5.90. The van der Waals surface area contributed by atoms with E-state index in [1.54, 1.807) is 12.1 Å². The summed E-state index contributed by atoms with van der Waals surface area (Å²) in [4.78, 5) is 0. The monoisotopic (exact) mass is 349 g/mol. The highest BCUT2D eigenvalue weighted by Crippen LogP contribution is 2.28. The van der Waals surface area contributed by atoms with Crippen molar-refractivity contribution < 1.29 is 18.6 Å². The molecule has 0 bridgehead atoms. The van der Waals surface area contributed by atoms with Gasteiger partial charge in [0.1, 0.15) is 5.75 Å². The van der Waals surface area contributed by atoms with Gasteiger partial charge in [0.2, 0.25) is 0 Å². The Balaban J connectivity index is 2.19. The number of aromatic hydroxyl groups is 1. The number of rotatable bonds is 2. The molecule has 1 saturated heterocycles. The van der Waals surface area contributed by atoms with Gasteiger partial charge in [0, 0.05) is 12.0 Å². The number of sulfone groups is 1. The van der Waals surface area contributed by atoms with Crippen LogP contribution in [-0.4, -0.2) is 42.3 Å². The van der Waals surface area contributed by atoms with Crippen molar-refractivity contribution in [3.63, 3.8) is 0 Å². The largest absolute Gasteiger partial charge is 0.507 e. The van der Waals surface area contributed by atoms with Gasteiger partial charge in [0.15, 0.2) is 9.84 Å². The van der Waals surface area contributed by atoms with Gasteiger partial charge >= 0.3 is 0 Å². The third-order valence-electron chi connectivity index (χ3n) is 3.35. The van der Waals surface area contributed by atoms with Crippen molar-refractivity contribution in [3.8, 4) is 5.75 Å². The lowest BCUT2D eigenvalue weighted by Crippen LogP contribution is -2.52. The molecular formula is C12H16BrNO4S. The highest BCUT2D eigenvalue weighted by molar-refractivity contribution is 9.10. The highest BCUT2D eigenvalue weighted by atomic mass is 79.9. The minimum Gasteiger partial charge on any atom is -0.507 e. The molecule has 2 rings (SSSR count). The van der Waals surface area contributed by atoms with Crippen LogP contribution in [0.5, 0.6) is 5.75 Å². The number of aliphatic hydroxyl groups excluding tert-OH is 1. The molecule has 1 aliphatic heterocycles. The summed E-state index contributed by atoms with van der Waals surface area (Å²) in [5, 5.41) is 19.4. The van der Waals surface area contributed by atoms with Crippen LogP contribution in [0, 0.1) is 5.92 Å². The van der Waals surface area contributed by atoms with Crippen LogP contribution in [0.3, 0.4) is 0 Å². The van der Waals surface area contributed by atoms with Crippen LogP contribution in [0.1, 0.15) is 5.56 Å². The SMILES string of the molecule is N[C@H]1CS(=O)(=O)C[C@@H](Cc2ccc(O)c(Br)c2)[C@@H]1O. The van der Waals surface area contributed by atoms with Crippen molar-refractivity contribution in [2.75, 3.05) is 11.5 Å². The van der Waals surface area contributed by atoms with Crippen molar-refractivity contribution in [1.29, 1.82) is 0 Å². The first kappa shape index (κ1) is 14.8. The topological polar surface area (TPSA) is 101 Å². The van der Waals surface area contributed by atoms with Crippen molar-refractivity contribution in [2.45, 2.75) is 18.6 Å². The summed E-state index contributed by atoms with van der Waals surface area (Å²) in [7, 11) is -3.20. The second kappa shape index (κ2) is 5.40. The molecule has 4 N–H and O–H groups in total. The first-order chi connectivity index (χ1) is 8.78. The molecule has 0 aliphatic carbocycles. The molecule has 106 valence electrons. The molecule has 1 aromatic rings. The Labute approximate surface area is 120 Å². The van der Waals surface area contributed by atoms with E-state index in [0.29, 0.717) is 10.9 Å². The molecule has 0 radical (unpaired) electrons. The average Bonchev–Trinajstić information content (AvgIpc) is 2.29. The Bertz CT molecular complexity index is 575. The van der Waals surface area contributed by atoms with E-state index < -0.39 is 27.9 Å². The zero-order chi connectivity index (χ0) is 14.2. The van der Waals surface area contributed by atoms with Crippen LogP contribution < -0.4 is 5.73 Å². The zero-order valence-electron chi connectivity index (χ0n) is 10.2. The van der Waals surface area contributed by atoms with Gasteiger partial charge in [-0.1, -0.05) is 6.07 Å². The Morgan fingerprint density at radius 2 is 2.05 bits per heavy atom. The standard InChI is InChI=1S/C12H16BrNO4S/c13-9-4-7(1-2-11(9)15)3-8-5-19(17,18)6-10(14)12(8)16/h1-2,4,8,10,12,15-16H,3,5-6,14H2/t8-,10+,12+/m1/s1. The van der Waals surface area contributed by atoms with Gasteiger partial charge in [-0.3, -0.25) is 0 Å². The Hall–Kier alpha value is -0.630. The van der Waals surface area contributed by atoms with E-state index in [9.17, 15) is 18.6 Å². The summed E-state index contributed by atoms with van der Waals surface area (Å²) in [5.74, 6) is -0.507. The molecule has 1 aromatic carbocycles. The minimum atomic E-state index is -3.20. The molecule has 1 aliphatic rings. The summed E-state index contributed by atoms with van der Waals surface area (Å²) in [6.45, 7) is 0. The quantitative estimate of drug-likeness (QED) is 0.718. The van der Waals surface area contributed by atoms with E-state index in [1.165, 1.54) is 6.07 Å². The summed E-state index contributed by atoms with van der Waals surface area (Å²) in [6, 6.07) is 4.22. The molecule has 5 nitrogen and oxygen atoms in total. The number of nitrogens with two attached hydrogens (primary N) is 1. The number of aliphatic hydroxyl groups is 1. The second-order valence-electron chi connectivity index (χ2n) is 4.98. The fourth-order valence-corrected chi connectivity index (χ4v) is 4.71. The maximum absolute atomic E-state index is 11.7. The lowest BCUT2D eigenvalue weighted by molar-refractivity contribution is 0.0923. The minimum absolute atomic E-state index is 0.0552. The van der Waals surface area contributed by atoms with Gasteiger partial charge in [-0.25, -0.2) is 8.42 Å². The van der Waals surface area contributed by atoms with Crippen LogP contribution >= 0.6 is 15.9 Å².